The highest BCUT2D eigenvalue weighted by molar-refractivity contribution is 8.14. The Kier molecular flexibility index (Phi) is 2.77. The number of nitrogens with zero attached hydrogens (tertiary/aromatic N) is 1. The molecular formula is C10H13N3OS2. The van der Waals surface area contributed by atoms with E-state index in [1.165, 1.54) is 24.2 Å². The molecule has 1 atom stereocenters. The predicted octanol–water partition coefficient (Wildman–Crippen LogP) is 1.41. The van der Waals surface area contributed by atoms with Crippen LogP contribution in [0.25, 0.3) is 0 Å². The standard InChI is InChI=1S/C10H13N3OS2/c14-10-13-7(5-15-10)3-11-9-12-4-8(16-9)6-1-2-6/h5-6,8H,1-4H2,(H,11,12)(H,13,14). The molecule has 1 unspecified atom stereocenters. The second kappa shape index (κ2) is 4.25. The normalized spacial score (nSPS) is 24.5. The van der Waals surface area contributed by atoms with Crippen LogP contribution in [0.3, 0.4) is 0 Å². The van der Waals surface area contributed by atoms with Crippen LogP contribution in [0.1, 0.15) is 18.5 Å². The minimum Gasteiger partial charge on any atom is -0.359 e. The van der Waals surface area contributed by atoms with E-state index < -0.39 is 0 Å². The summed E-state index contributed by atoms with van der Waals surface area (Å²) >= 11 is 3.06. The molecule has 0 saturated heterocycles. The molecule has 4 nitrogen and oxygen atoms in total. The molecule has 1 aliphatic heterocycles. The number of H-pyrrole nitrogens is 1. The average Bonchev–Trinajstić information content (AvgIpc) is 2.87. The van der Waals surface area contributed by atoms with Gasteiger partial charge in [0, 0.05) is 16.3 Å². The zero-order chi connectivity index (χ0) is 11.0. The van der Waals surface area contributed by atoms with Crippen molar-refractivity contribution in [3.63, 3.8) is 0 Å². The number of hydrogen-bond acceptors (Lipinski definition) is 5. The summed E-state index contributed by atoms with van der Waals surface area (Å²) in [7, 11) is 0. The van der Waals surface area contributed by atoms with Gasteiger partial charge >= 0.3 is 4.87 Å². The Bertz CT molecular complexity index is 461. The number of hydrogen-bond donors (Lipinski definition) is 2. The highest BCUT2D eigenvalue weighted by Gasteiger charge is 2.35. The third-order valence-electron chi connectivity index (χ3n) is 2.83. The lowest BCUT2D eigenvalue weighted by molar-refractivity contribution is 0.771. The van der Waals surface area contributed by atoms with Crippen molar-refractivity contribution in [3.8, 4) is 0 Å². The second-order valence-electron chi connectivity index (χ2n) is 4.17. The molecule has 86 valence electrons. The Balaban J connectivity index is 1.50. The van der Waals surface area contributed by atoms with E-state index in [9.17, 15) is 4.79 Å². The Labute approximate surface area is 102 Å². The smallest absolute Gasteiger partial charge is 0.304 e. The fourth-order valence-corrected chi connectivity index (χ4v) is 3.56. The van der Waals surface area contributed by atoms with Crippen LogP contribution < -0.4 is 10.2 Å². The average molecular weight is 255 g/mol. The Hall–Kier alpha value is -0.750. The van der Waals surface area contributed by atoms with E-state index in [1.807, 2.05) is 17.1 Å². The van der Waals surface area contributed by atoms with Crippen LogP contribution in [0, 0.1) is 5.92 Å². The molecule has 1 aliphatic carbocycles. The number of thiazole rings is 1. The van der Waals surface area contributed by atoms with Crippen LogP contribution in [-0.2, 0) is 6.54 Å². The van der Waals surface area contributed by atoms with Crippen LogP contribution in [0.15, 0.2) is 15.2 Å². The molecular weight excluding hydrogens is 242 g/mol. The largest absolute Gasteiger partial charge is 0.359 e. The Morgan fingerprint density at radius 3 is 3.12 bits per heavy atom. The summed E-state index contributed by atoms with van der Waals surface area (Å²) in [6.45, 7) is 1.62. The van der Waals surface area contributed by atoms with Crippen molar-refractivity contribution < 1.29 is 0 Å². The zero-order valence-electron chi connectivity index (χ0n) is 8.73. The number of thioether (sulfide) groups is 1. The van der Waals surface area contributed by atoms with Gasteiger partial charge in [-0.05, 0) is 18.8 Å². The van der Waals surface area contributed by atoms with Gasteiger partial charge in [-0.1, -0.05) is 23.1 Å². The SMILES string of the molecule is O=c1[nH]c(CNC2=NCC(C3CC3)S2)cs1. The Morgan fingerprint density at radius 1 is 1.56 bits per heavy atom. The van der Waals surface area contributed by atoms with E-state index in [0.717, 1.165) is 23.3 Å². The van der Waals surface area contributed by atoms with Gasteiger partial charge in [-0.15, -0.1) is 0 Å². The molecule has 1 saturated carbocycles. The number of aliphatic imine (C=N–C) groups is 1. The van der Waals surface area contributed by atoms with Crippen molar-refractivity contribution in [2.45, 2.75) is 24.6 Å². The fourth-order valence-electron chi connectivity index (χ4n) is 1.77. The zero-order valence-corrected chi connectivity index (χ0v) is 10.4. The second-order valence-corrected chi connectivity index (χ2v) is 6.24. The fraction of sp³-hybridized carbons (Fsp3) is 0.600. The summed E-state index contributed by atoms with van der Waals surface area (Å²) in [5, 5.41) is 6.86. The van der Waals surface area contributed by atoms with Gasteiger partial charge in [0.05, 0.1) is 13.1 Å². The van der Waals surface area contributed by atoms with Crippen molar-refractivity contribution in [2.75, 3.05) is 6.54 Å². The van der Waals surface area contributed by atoms with Gasteiger partial charge in [0.15, 0.2) is 5.17 Å². The number of nitrogens with one attached hydrogen (secondary N) is 2. The summed E-state index contributed by atoms with van der Waals surface area (Å²) < 4.78 is 0. The maximum Gasteiger partial charge on any atom is 0.304 e. The van der Waals surface area contributed by atoms with Crippen LogP contribution >= 0.6 is 23.1 Å². The van der Waals surface area contributed by atoms with E-state index in [0.29, 0.717) is 11.8 Å². The molecule has 0 bridgehead atoms. The molecule has 1 aromatic rings. The first-order valence-electron chi connectivity index (χ1n) is 5.43. The molecule has 2 heterocycles. The maximum absolute atomic E-state index is 10.9. The monoisotopic (exact) mass is 255 g/mol. The molecule has 1 aromatic heterocycles. The summed E-state index contributed by atoms with van der Waals surface area (Å²) in [4.78, 5) is 18.2. The molecule has 16 heavy (non-hydrogen) atoms. The molecule has 0 aromatic carbocycles. The van der Waals surface area contributed by atoms with Crippen LogP contribution in [0.2, 0.25) is 0 Å². The number of rotatable bonds is 3. The molecule has 0 spiro atoms. The van der Waals surface area contributed by atoms with Gasteiger partial charge in [-0.2, -0.15) is 0 Å². The molecule has 1 fully saturated rings. The topological polar surface area (TPSA) is 57.2 Å². The van der Waals surface area contributed by atoms with E-state index in [-0.39, 0.29) is 4.87 Å². The minimum absolute atomic E-state index is 0.00803. The predicted molar refractivity (Wildman–Crippen MR) is 68.2 cm³/mol. The highest BCUT2D eigenvalue weighted by atomic mass is 32.2. The minimum atomic E-state index is 0.00803. The lowest BCUT2D eigenvalue weighted by Crippen LogP contribution is -2.19. The van der Waals surface area contributed by atoms with Gasteiger partial charge < -0.3 is 10.3 Å². The first-order valence-corrected chi connectivity index (χ1v) is 7.19. The van der Waals surface area contributed by atoms with E-state index in [1.54, 1.807) is 0 Å². The molecule has 2 aliphatic rings. The van der Waals surface area contributed by atoms with E-state index >= 15 is 0 Å². The van der Waals surface area contributed by atoms with Crippen molar-refractivity contribution >= 4 is 28.3 Å². The van der Waals surface area contributed by atoms with Crippen molar-refractivity contribution in [2.24, 2.45) is 10.9 Å². The van der Waals surface area contributed by atoms with Gasteiger partial charge in [-0.3, -0.25) is 9.79 Å². The Morgan fingerprint density at radius 2 is 2.44 bits per heavy atom. The van der Waals surface area contributed by atoms with Gasteiger partial charge in [0.25, 0.3) is 0 Å². The summed E-state index contributed by atoms with van der Waals surface area (Å²) in [6, 6.07) is 0. The number of aromatic nitrogens is 1. The molecule has 2 N–H and O–H groups in total. The maximum atomic E-state index is 10.9. The summed E-state index contributed by atoms with van der Waals surface area (Å²) in [5.74, 6) is 0.897. The molecule has 0 radical (unpaired) electrons. The molecule has 3 rings (SSSR count). The summed E-state index contributed by atoms with van der Waals surface area (Å²) in [5.41, 5.74) is 0.938. The molecule has 6 heteroatoms. The molecule has 0 amide bonds. The van der Waals surface area contributed by atoms with Crippen molar-refractivity contribution in [1.29, 1.82) is 0 Å². The van der Waals surface area contributed by atoms with Crippen LogP contribution in [0.5, 0.6) is 0 Å². The van der Waals surface area contributed by atoms with Gasteiger partial charge in [0.2, 0.25) is 0 Å². The first kappa shape index (κ1) is 10.4. The van der Waals surface area contributed by atoms with Crippen molar-refractivity contribution in [1.82, 2.24) is 10.3 Å². The number of aromatic amines is 1. The van der Waals surface area contributed by atoms with Gasteiger partial charge in [-0.25, -0.2) is 0 Å². The van der Waals surface area contributed by atoms with Crippen LogP contribution in [-0.4, -0.2) is 21.9 Å². The number of amidine groups is 1. The van der Waals surface area contributed by atoms with E-state index in [2.05, 4.69) is 15.3 Å². The van der Waals surface area contributed by atoms with Crippen LogP contribution in [0.4, 0.5) is 0 Å². The lowest BCUT2D eigenvalue weighted by Gasteiger charge is -2.06. The van der Waals surface area contributed by atoms with E-state index in [4.69, 9.17) is 0 Å². The van der Waals surface area contributed by atoms with Gasteiger partial charge in [0.1, 0.15) is 0 Å². The third-order valence-corrected chi connectivity index (χ3v) is 4.88. The van der Waals surface area contributed by atoms with Crippen molar-refractivity contribution in [3.05, 3.63) is 20.7 Å². The lowest BCUT2D eigenvalue weighted by atomic mass is 10.3. The first-order chi connectivity index (χ1) is 7.81. The third kappa shape index (κ3) is 2.32. The highest BCUT2D eigenvalue weighted by Crippen LogP contribution is 2.41. The quantitative estimate of drug-likeness (QED) is 0.858. The summed E-state index contributed by atoms with van der Waals surface area (Å²) in [6.07, 6.45) is 2.75.